The van der Waals surface area contributed by atoms with Crippen LogP contribution in [-0.4, -0.2) is 4.98 Å². The lowest BCUT2D eigenvalue weighted by atomic mass is 10.00. The van der Waals surface area contributed by atoms with Gasteiger partial charge in [-0.2, -0.15) is 0 Å². The molecule has 1 heterocycles. The maximum atomic E-state index is 3.33. The van der Waals surface area contributed by atoms with Crippen molar-refractivity contribution in [3.63, 3.8) is 0 Å². The van der Waals surface area contributed by atoms with Crippen molar-refractivity contribution in [2.45, 2.75) is 27.2 Å². The molecule has 1 nitrogen and oxygen atoms in total. The Bertz CT molecular complexity index is 437. The van der Waals surface area contributed by atoms with Gasteiger partial charge in [0.05, 0.1) is 0 Å². The van der Waals surface area contributed by atoms with Gasteiger partial charge in [-0.25, -0.2) is 0 Å². The first-order valence-corrected chi connectivity index (χ1v) is 5.24. The molecule has 0 unspecified atom stereocenters. The van der Waals surface area contributed by atoms with Gasteiger partial charge < -0.3 is 4.98 Å². The van der Waals surface area contributed by atoms with Gasteiger partial charge in [0, 0.05) is 17.1 Å². The van der Waals surface area contributed by atoms with Crippen LogP contribution in [0.3, 0.4) is 0 Å². The van der Waals surface area contributed by atoms with Crippen molar-refractivity contribution in [3.05, 3.63) is 35.5 Å². The molecular weight excluding hydrogens is 170 g/mol. The zero-order chi connectivity index (χ0) is 10.1. The summed E-state index contributed by atoms with van der Waals surface area (Å²) < 4.78 is 0. The van der Waals surface area contributed by atoms with Gasteiger partial charge in [-0.3, -0.25) is 0 Å². The molecule has 1 aromatic heterocycles. The molecule has 0 bridgehead atoms. The minimum Gasteiger partial charge on any atom is -0.361 e. The number of hydrogen-bond donors (Lipinski definition) is 1. The van der Waals surface area contributed by atoms with E-state index in [9.17, 15) is 0 Å². The molecular formula is C13H17N. The van der Waals surface area contributed by atoms with E-state index >= 15 is 0 Å². The third kappa shape index (κ3) is 1.54. The van der Waals surface area contributed by atoms with Crippen LogP contribution in [0.5, 0.6) is 0 Å². The summed E-state index contributed by atoms with van der Waals surface area (Å²) in [7, 11) is 0. The van der Waals surface area contributed by atoms with Crippen LogP contribution in [0.25, 0.3) is 10.9 Å². The normalized spacial score (nSPS) is 11.4. The number of hydrogen-bond acceptors (Lipinski definition) is 0. The van der Waals surface area contributed by atoms with E-state index in [2.05, 4.69) is 50.2 Å². The van der Waals surface area contributed by atoms with E-state index in [-0.39, 0.29) is 0 Å². The fourth-order valence-electron chi connectivity index (χ4n) is 2.05. The molecule has 0 aliphatic heterocycles. The van der Waals surface area contributed by atoms with E-state index in [0.29, 0.717) is 5.92 Å². The van der Waals surface area contributed by atoms with Crippen molar-refractivity contribution in [2.75, 3.05) is 0 Å². The first-order valence-electron chi connectivity index (χ1n) is 5.24. The summed E-state index contributed by atoms with van der Waals surface area (Å²) in [6.07, 6.45) is 3.31. The van der Waals surface area contributed by atoms with E-state index < -0.39 is 0 Å². The van der Waals surface area contributed by atoms with Gasteiger partial charge in [0.25, 0.3) is 0 Å². The quantitative estimate of drug-likeness (QED) is 0.738. The lowest BCUT2D eigenvalue weighted by molar-refractivity contribution is 0.650. The number of fused-ring (bicyclic) bond motifs is 1. The van der Waals surface area contributed by atoms with Crippen LogP contribution in [0.4, 0.5) is 0 Å². The molecule has 0 fully saturated rings. The number of aromatic nitrogens is 1. The first kappa shape index (κ1) is 9.32. The van der Waals surface area contributed by atoms with Crippen LogP contribution in [-0.2, 0) is 6.42 Å². The Balaban J connectivity index is 2.55. The van der Waals surface area contributed by atoms with Crippen LogP contribution < -0.4 is 0 Å². The van der Waals surface area contributed by atoms with E-state index in [4.69, 9.17) is 0 Å². The second kappa shape index (κ2) is 3.49. The molecule has 0 aliphatic rings. The molecule has 1 N–H and O–H groups in total. The molecule has 1 heteroatoms. The van der Waals surface area contributed by atoms with Crippen LogP contribution >= 0.6 is 0 Å². The zero-order valence-electron chi connectivity index (χ0n) is 9.09. The molecule has 0 radical (unpaired) electrons. The summed E-state index contributed by atoms with van der Waals surface area (Å²) in [5.74, 6) is 0.716. The van der Waals surface area contributed by atoms with E-state index in [1.807, 2.05) is 0 Å². The Hall–Kier alpha value is -1.24. The molecule has 2 aromatic rings. The summed E-state index contributed by atoms with van der Waals surface area (Å²) in [4.78, 5) is 3.33. The number of rotatable bonds is 2. The van der Waals surface area contributed by atoms with Crippen LogP contribution in [0.1, 0.15) is 25.0 Å². The van der Waals surface area contributed by atoms with Crippen molar-refractivity contribution >= 4 is 10.9 Å². The molecule has 0 aliphatic carbocycles. The number of aryl methyl sites for hydroxylation is 1. The predicted molar refractivity (Wildman–Crippen MR) is 61.6 cm³/mol. The van der Waals surface area contributed by atoms with Crippen LogP contribution in [0.15, 0.2) is 24.4 Å². The smallest absolute Gasteiger partial charge is 0.0459 e. The number of H-pyrrole nitrogens is 1. The van der Waals surface area contributed by atoms with Crippen molar-refractivity contribution in [2.24, 2.45) is 5.92 Å². The van der Waals surface area contributed by atoms with Gasteiger partial charge in [0.2, 0.25) is 0 Å². The lowest BCUT2D eigenvalue weighted by Gasteiger charge is -2.04. The summed E-state index contributed by atoms with van der Waals surface area (Å²) in [5.41, 5.74) is 4.09. The Labute approximate surface area is 85.1 Å². The lowest BCUT2D eigenvalue weighted by Crippen LogP contribution is -1.92. The van der Waals surface area contributed by atoms with Gasteiger partial charge in [-0.15, -0.1) is 0 Å². The minimum absolute atomic E-state index is 0.716. The second-order valence-corrected chi connectivity index (χ2v) is 4.41. The Morgan fingerprint density at radius 3 is 2.79 bits per heavy atom. The summed E-state index contributed by atoms with van der Waals surface area (Å²) >= 11 is 0. The maximum absolute atomic E-state index is 3.33. The van der Waals surface area contributed by atoms with Gasteiger partial charge >= 0.3 is 0 Å². The molecule has 1 aromatic carbocycles. The summed E-state index contributed by atoms with van der Waals surface area (Å²) in [6.45, 7) is 6.70. The molecule has 0 atom stereocenters. The third-order valence-electron chi connectivity index (χ3n) is 2.62. The Kier molecular flexibility index (Phi) is 2.32. The topological polar surface area (TPSA) is 15.8 Å². The molecule has 2 rings (SSSR count). The number of benzene rings is 1. The van der Waals surface area contributed by atoms with Gasteiger partial charge in [-0.1, -0.05) is 26.0 Å². The molecule has 0 saturated heterocycles. The molecule has 74 valence electrons. The van der Waals surface area contributed by atoms with Gasteiger partial charge in [0.1, 0.15) is 0 Å². The minimum atomic E-state index is 0.716. The van der Waals surface area contributed by atoms with E-state index in [1.165, 1.54) is 22.0 Å². The fraction of sp³-hybridized carbons (Fsp3) is 0.385. The number of nitrogens with one attached hydrogen (secondary N) is 1. The van der Waals surface area contributed by atoms with Crippen molar-refractivity contribution in [1.29, 1.82) is 0 Å². The molecule has 0 spiro atoms. The summed E-state index contributed by atoms with van der Waals surface area (Å²) in [5, 5.41) is 1.42. The monoisotopic (exact) mass is 187 g/mol. The van der Waals surface area contributed by atoms with E-state index in [1.54, 1.807) is 0 Å². The van der Waals surface area contributed by atoms with Crippen molar-refractivity contribution < 1.29 is 0 Å². The third-order valence-corrected chi connectivity index (χ3v) is 2.62. The van der Waals surface area contributed by atoms with Crippen LogP contribution in [0.2, 0.25) is 0 Å². The van der Waals surface area contributed by atoms with Crippen molar-refractivity contribution in [1.82, 2.24) is 4.98 Å². The Morgan fingerprint density at radius 2 is 2.07 bits per heavy atom. The predicted octanol–water partition coefficient (Wildman–Crippen LogP) is 3.67. The zero-order valence-corrected chi connectivity index (χ0v) is 9.09. The van der Waals surface area contributed by atoms with Crippen molar-refractivity contribution in [3.8, 4) is 0 Å². The maximum Gasteiger partial charge on any atom is 0.0459 e. The highest BCUT2D eigenvalue weighted by Crippen LogP contribution is 2.23. The highest BCUT2D eigenvalue weighted by molar-refractivity contribution is 5.86. The summed E-state index contributed by atoms with van der Waals surface area (Å²) in [6, 6.07) is 6.43. The van der Waals surface area contributed by atoms with E-state index in [0.717, 1.165) is 6.42 Å². The number of aromatic amines is 1. The first-order chi connectivity index (χ1) is 6.68. The SMILES string of the molecule is Cc1cccc2[nH]cc(CC(C)C)c12. The average molecular weight is 187 g/mol. The highest BCUT2D eigenvalue weighted by atomic mass is 14.7. The van der Waals surface area contributed by atoms with Gasteiger partial charge in [0.15, 0.2) is 0 Å². The molecule has 14 heavy (non-hydrogen) atoms. The fourth-order valence-corrected chi connectivity index (χ4v) is 2.05. The highest BCUT2D eigenvalue weighted by Gasteiger charge is 2.06. The largest absolute Gasteiger partial charge is 0.361 e. The average Bonchev–Trinajstić information content (AvgIpc) is 2.49. The van der Waals surface area contributed by atoms with Gasteiger partial charge in [-0.05, 0) is 36.5 Å². The Morgan fingerprint density at radius 1 is 1.29 bits per heavy atom. The molecule has 0 amide bonds. The second-order valence-electron chi connectivity index (χ2n) is 4.41. The molecule has 0 saturated carbocycles. The standard InChI is InChI=1S/C13H17N/c1-9(2)7-11-8-14-12-6-4-5-10(3)13(11)12/h4-6,8-9,14H,7H2,1-3H3. The van der Waals surface area contributed by atoms with Crippen LogP contribution in [0, 0.1) is 12.8 Å².